The van der Waals surface area contributed by atoms with Crippen LogP contribution in [0.25, 0.3) is 0 Å². The molecule has 0 aliphatic carbocycles. The maximum absolute atomic E-state index is 12.3. The van der Waals surface area contributed by atoms with Crippen molar-refractivity contribution in [1.82, 2.24) is 4.72 Å². The maximum atomic E-state index is 12.3. The molecule has 4 rings (SSSR count). The summed E-state index contributed by atoms with van der Waals surface area (Å²) in [4.78, 5) is 23.9. The van der Waals surface area contributed by atoms with Gasteiger partial charge in [0.1, 0.15) is 85.4 Å². The smallest absolute Gasteiger partial charge is 0.397 e. The van der Waals surface area contributed by atoms with Crippen LogP contribution < -0.4 is 4.72 Å². The number of nitrogens with one attached hydrogen (secondary N) is 1. The van der Waals surface area contributed by atoms with Crippen molar-refractivity contribution >= 4 is 32.6 Å². The van der Waals surface area contributed by atoms with Crippen molar-refractivity contribution in [2.24, 2.45) is 0 Å². The average molecular weight is 838 g/mol. The van der Waals surface area contributed by atoms with E-state index >= 15 is 0 Å². The van der Waals surface area contributed by atoms with Crippen LogP contribution >= 0.6 is 0 Å². The normalized spacial score (nSPS) is 44.9. The van der Waals surface area contributed by atoms with Gasteiger partial charge in [0.2, 0.25) is 0 Å². The Kier molecular flexibility index (Phi) is 14.6. The molecule has 54 heavy (non-hydrogen) atoms. The molecule has 0 aromatic heterocycles. The van der Waals surface area contributed by atoms with Crippen LogP contribution in [-0.4, -0.2) is 230 Å². The van der Waals surface area contributed by atoms with Crippen molar-refractivity contribution in [3.63, 3.8) is 0 Å². The Hall–Kier alpha value is -1.96. The van der Waals surface area contributed by atoms with Crippen molar-refractivity contribution in [1.29, 1.82) is 0 Å². The van der Waals surface area contributed by atoms with Crippen LogP contribution in [0.5, 0.6) is 0 Å². The van der Waals surface area contributed by atoms with Crippen molar-refractivity contribution in [2.75, 3.05) is 19.8 Å². The number of rotatable bonds is 15. The molecule has 0 radical (unpaired) electrons. The second-order valence-electron chi connectivity index (χ2n) is 12.2. The predicted octanol–water partition coefficient (Wildman–Crippen LogP) is -9.66. The third-order valence-corrected chi connectivity index (χ3v) is 9.61. The van der Waals surface area contributed by atoms with Crippen LogP contribution in [0.1, 0.15) is 0 Å². The molecule has 0 unspecified atom stereocenters. The van der Waals surface area contributed by atoms with Crippen LogP contribution in [-0.2, 0) is 67.6 Å². The van der Waals surface area contributed by atoms with Gasteiger partial charge in [0, 0.05) is 0 Å². The first-order valence-corrected chi connectivity index (χ1v) is 18.2. The van der Waals surface area contributed by atoms with E-state index in [1.807, 2.05) is 0 Å². The summed E-state index contributed by atoms with van der Waals surface area (Å²) >= 11 is 0. The Morgan fingerprint density at radius 1 is 0.556 bits per heavy atom. The lowest BCUT2D eigenvalue weighted by atomic mass is 9.95. The van der Waals surface area contributed by atoms with E-state index in [0.29, 0.717) is 0 Å². The summed E-state index contributed by atoms with van der Waals surface area (Å²) in [6, 6.07) is -2.43. The minimum Gasteiger partial charge on any atom is -0.479 e. The Bertz CT molecular complexity index is 1510. The fourth-order valence-corrected chi connectivity index (χ4v) is 6.90. The van der Waals surface area contributed by atoms with Crippen molar-refractivity contribution in [2.45, 2.75) is 116 Å². The van der Waals surface area contributed by atoms with Crippen molar-refractivity contribution in [3.05, 3.63) is 0 Å². The third kappa shape index (κ3) is 10.1. The molecular weight excluding hydrogens is 798 g/mol. The number of carboxylic acid groups (broad SMARTS) is 2. The number of carboxylic acids is 2. The molecule has 0 aromatic carbocycles. The number of ether oxygens (including phenoxy) is 7. The highest BCUT2D eigenvalue weighted by Crippen LogP contribution is 2.35. The number of hydrogen-bond donors (Lipinski definition) is 14. The van der Waals surface area contributed by atoms with Gasteiger partial charge in [-0.3, -0.25) is 9.11 Å². The third-order valence-electron chi connectivity index (χ3n) is 8.61. The molecule has 28 nitrogen and oxygen atoms in total. The van der Waals surface area contributed by atoms with Gasteiger partial charge < -0.3 is 89.3 Å². The molecule has 0 aromatic rings. The van der Waals surface area contributed by atoms with Crippen LogP contribution in [0.3, 0.4) is 0 Å². The van der Waals surface area contributed by atoms with Crippen LogP contribution in [0.4, 0.5) is 0 Å². The number of carbonyl (C=O) groups is 2. The van der Waals surface area contributed by atoms with Crippen molar-refractivity contribution < 1.29 is 129 Å². The SMILES string of the molecule is O=C(O)[C@H]1O[C@@H](O[C@H]2[C@H](O)[C@@H](CO)O[C@@H]2CO)[C@H](O)[C@@H](O)[C@@H]1O[C@H]1O[C@H](COS(=O)(=O)O)[C@@H](O[C@@H]2O[C@@H](C(=O)O)[C@@H](O)[C@H](O)[C@H]2O)[C@H](O)[C@H]1NS(=O)(=O)O. The van der Waals surface area contributed by atoms with Gasteiger partial charge in [-0.1, -0.05) is 0 Å². The fourth-order valence-electron chi connectivity index (χ4n) is 6.00. The summed E-state index contributed by atoms with van der Waals surface area (Å²) in [6.45, 7) is -3.01. The summed E-state index contributed by atoms with van der Waals surface area (Å²) in [5.74, 6) is -3.88. The second kappa shape index (κ2) is 17.7. The number of hydrogen-bond acceptors (Lipinski definition) is 23. The van der Waals surface area contributed by atoms with E-state index in [9.17, 15) is 87.1 Å². The Balaban J connectivity index is 1.65. The van der Waals surface area contributed by atoms with E-state index in [2.05, 4.69) is 4.18 Å². The zero-order chi connectivity index (χ0) is 40.6. The number of aliphatic carboxylic acids is 2. The Labute approximate surface area is 302 Å². The molecule has 0 amide bonds. The van der Waals surface area contributed by atoms with Crippen LogP contribution in [0, 0.1) is 0 Å². The quantitative estimate of drug-likeness (QED) is 0.0681. The molecule has 0 spiro atoms. The highest BCUT2D eigenvalue weighted by Gasteiger charge is 2.57. The monoisotopic (exact) mass is 837 g/mol. The van der Waals surface area contributed by atoms with E-state index < -0.39 is 169 Å². The molecule has 4 aliphatic heterocycles. The number of aliphatic hydroxyl groups excluding tert-OH is 9. The van der Waals surface area contributed by atoms with Gasteiger partial charge in [-0.05, 0) is 0 Å². The standard InChI is InChI=1S/C24H39NO27S2/c26-1-4-8(28)15(5(2-27)46-4)48-24-14(34)12(32)17(19(52-24)21(37)38)50-22-7(25-53(39,40)41)9(29)16(6(47-22)3-45-54(42,43)44)49-23-13(33)10(30)11(31)18(51-23)20(35)36/h4-19,22-34H,1-3H2,(H,35,36)(H,37,38)(H,39,40,41)(H,42,43,44)/t4-,5-,6-,7-,8-,9-,10+,11+,12-,13-,14-,15-,16-,17+,18-,19+,22-,23-,24-/m1/s1. The molecule has 4 fully saturated rings. The zero-order valence-electron chi connectivity index (χ0n) is 26.9. The molecule has 14 N–H and O–H groups in total. The first kappa shape index (κ1) is 44.8. The van der Waals surface area contributed by atoms with Gasteiger partial charge in [-0.2, -0.15) is 21.6 Å². The molecule has 314 valence electrons. The maximum Gasteiger partial charge on any atom is 0.397 e. The van der Waals surface area contributed by atoms with Gasteiger partial charge in [0.25, 0.3) is 0 Å². The zero-order valence-corrected chi connectivity index (χ0v) is 28.6. The van der Waals surface area contributed by atoms with E-state index in [1.165, 1.54) is 4.72 Å². The first-order chi connectivity index (χ1) is 25.0. The lowest BCUT2D eigenvalue weighted by molar-refractivity contribution is -0.364. The van der Waals surface area contributed by atoms with Crippen LogP contribution in [0.2, 0.25) is 0 Å². The topological polar surface area (TPSA) is 451 Å². The summed E-state index contributed by atoms with van der Waals surface area (Å²) in [7, 11) is -10.8. The second-order valence-corrected chi connectivity index (χ2v) is 14.5. The van der Waals surface area contributed by atoms with Crippen molar-refractivity contribution in [3.8, 4) is 0 Å². The minimum absolute atomic E-state index is 0.766. The van der Waals surface area contributed by atoms with E-state index in [0.717, 1.165) is 0 Å². The van der Waals surface area contributed by atoms with Gasteiger partial charge >= 0.3 is 32.6 Å². The Morgan fingerprint density at radius 3 is 1.56 bits per heavy atom. The Morgan fingerprint density at radius 2 is 1.06 bits per heavy atom. The summed E-state index contributed by atoms with van der Waals surface area (Å²) in [6.07, 6.45) is -38.8. The van der Waals surface area contributed by atoms with E-state index in [-0.39, 0.29) is 0 Å². The lowest BCUT2D eigenvalue weighted by Crippen LogP contribution is -2.70. The molecule has 4 heterocycles. The molecular formula is C24H39NO27S2. The highest BCUT2D eigenvalue weighted by atomic mass is 32.3. The molecule has 19 atom stereocenters. The van der Waals surface area contributed by atoms with Gasteiger partial charge in [0.05, 0.1) is 19.8 Å². The minimum atomic E-state index is -5.46. The molecule has 4 aliphatic rings. The molecule has 4 saturated heterocycles. The summed E-state index contributed by atoms with van der Waals surface area (Å²) < 4.78 is 108. The predicted molar refractivity (Wildman–Crippen MR) is 157 cm³/mol. The first-order valence-electron chi connectivity index (χ1n) is 15.4. The van der Waals surface area contributed by atoms with Gasteiger partial charge in [-0.15, -0.1) is 0 Å². The van der Waals surface area contributed by atoms with Crippen LogP contribution in [0.15, 0.2) is 0 Å². The van der Waals surface area contributed by atoms with E-state index in [4.69, 9.17) is 37.7 Å². The van der Waals surface area contributed by atoms with E-state index in [1.54, 1.807) is 0 Å². The average Bonchev–Trinajstić information content (AvgIpc) is 3.38. The van der Waals surface area contributed by atoms with Gasteiger partial charge in [-0.25, -0.2) is 13.8 Å². The largest absolute Gasteiger partial charge is 0.479 e. The van der Waals surface area contributed by atoms with Gasteiger partial charge in [0.15, 0.2) is 31.1 Å². The highest BCUT2D eigenvalue weighted by molar-refractivity contribution is 7.83. The fraction of sp³-hybridized carbons (Fsp3) is 0.917. The summed E-state index contributed by atoms with van der Waals surface area (Å²) in [5, 5.41) is 112. The summed E-state index contributed by atoms with van der Waals surface area (Å²) in [5.41, 5.74) is 0. The lowest BCUT2D eigenvalue weighted by Gasteiger charge is -2.48. The molecule has 0 bridgehead atoms. The number of aliphatic hydroxyl groups is 9. The molecule has 30 heteroatoms. The molecule has 0 saturated carbocycles.